The van der Waals surface area contributed by atoms with Crippen molar-refractivity contribution in [3.05, 3.63) is 39.2 Å². The van der Waals surface area contributed by atoms with Gasteiger partial charge in [-0.3, -0.25) is 4.72 Å². The Bertz CT molecular complexity index is 756. The minimum Gasteiger partial charge on any atom is -0.497 e. The molecule has 0 radical (unpaired) electrons. The Morgan fingerprint density at radius 2 is 2.05 bits per heavy atom. The Morgan fingerprint density at radius 3 is 2.62 bits per heavy atom. The second kappa shape index (κ2) is 6.35. The normalized spacial score (nSPS) is 11.4. The molecular weight excluding hydrogens is 378 g/mol. The number of benzene rings is 1. The zero-order valence-electron chi connectivity index (χ0n) is 11.4. The predicted molar refractivity (Wildman–Crippen MR) is 86.5 cm³/mol. The van der Waals surface area contributed by atoms with Crippen molar-refractivity contribution in [2.24, 2.45) is 0 Å². The number of aliphatic hydroxyl groups is 1. The molecule has 0 unspecified atom stereocenters. The Hall–Kier alpha value is -1.09. The van der Waals surface area contributed by atoms with Gasteiger partial charge in [-0.25, -0.2) is 8.42 Å². The van der Waals surface area contributed by atoms with Gasteiger partial charge in [0.05, 0.1) is 19.4 Å². The van der Waals surface area contributed by atoms with Crippen LogP contribution in [0.25, 0.3) is 0 Å². The number of methoxy groups -OCH3 is 1. The van der Waals surface area contributed by atoms with Crippen LogP contribution in [0.15, 0.2) is 32.9 Å². The van der Waals surface area contributed by atoms with Crippen LogP contribution in [-0.2, 0) is 16.6 Å². The lowest BCUT2D eigenvalue weighted by atomic mass is 10.3. The summed E-state index contributed by atoms with van der Waals surface area (Å²) < 4.78 is 33.2. The third kappa shape index (κ3) is 3.76. The van der Waals surface area contributed by atoms with Gasteiger partial charge in [-0.1, -0.05) is 15.9 Å². The van der Waals surface area contributed by atoms with Gasteiger partial charge in [0.2, 0.25) is 0 Å². The second-order valence-corrected chi connectivity index (χ2v) is 8.28. The number of halogens is 1. The third-order valence-corrected chi connectivity index (χ3v) is 6.30. The fraction of sp³-hybridized carbons (Fsp3) is 0.231. The standard InChI is InChI=1S/C13H14BrNO4S2/c1-8-3-13(20-12(8)7-16)21(17,18)15-10-4-9(14)5-11(6-10)19-2/h3-6,15-16H,7H2,1-2H3. The molecule has 1 aromatic heterocycles. The number of nitrogens with one attached hydrogen (secondary N) is 1. The van der Waals surface area contributed by atoms with Crippen LogP contribution in [0.3, 0.4) is 0 Å². The van der Waals surface area contributed by atoms with E-state index in [9.17, 15) is 8.42 Å². The summed E-state index contributed by atoms with van der Waals surface area (Å²) in [6, 6.07) is 6.52. The van der Waals surface area contributed by atoms with Crippen molar-refractivity contribution >= 4 is 43.0 Å². The van der Waals surface area contributed by atoms with Crippen molar-refractivity contribution in [3.63, 3.8) is 0 Å². The molecule has 0 aliphatic heterocycles. The van der Waals surface area contributed by atoms with E-state index < -0.39 is 10.0 Å². The summed E-state index contributed by atoms with van der Waals surface area (Å²) in [5.74, 6) is 0.542. The highest BCUT2D eigenvalue weighted by Gasteiger charge is 2.19. The van der Waals surface area contributed by atoms with Crippen LogP contribution in [0.5, 0.6) is 5.75 Å². The number of ether oxygens (including phenoxy) is 1. The molecule has 0 saturated heterocycles. The van der Waals surface area contributed by atoms with Gasteiger partial charge in [0.1, 0.15) is 9.96 Å². The fourth-order valence-electron chi connectivity index (χ4n) is 1.72. The lowest BCUT2D eigenvalue weighted by molar-refractivity contribution is 0.285. The molecular formula is C13H14BrNO4S2. The van der Waals surface area contributed by atoms with E-state index in [4.69, 9.17) is 9.84 Å². The van der Waals surface area contributed by atoms with E-state index >= 15 is 0 Å². The molecule has 5 nitrogen and oxygen atoms in total. The SMILES string of the molecule is COc1cc(Br)cc(NS(=O)(=O)c2cc(C)c(CO)s2)c1. The quantitative estimate of drug-likeness (QED) is 0.820. The molecule has 1 aromatic carbocycles. The molecule has 0 aliphatic rings. The van der Waals surface area contributed by atoms with Gasteiger partial charge in [-0.15, -0.1) is 11.3 Å². The van der Waals surface area contributed by atoms with Crippen molar-refractivity contribution < 1.29 is 18.3 Å². The maximum absolute atomic E-state index is 12.4. The van der Waals surface area contributed by atoms with E-state index in [0.717, 1.165) is 16.9 Å². The van der Waals surface area contributed by atoms with Crippen LogP contribution in [0, 0.1) is 6.92 Å². The van der Waals surface area contributed by atoms with Crippen LogP contribution >= 0.6 is 27.3 Å². The summed E-state index contributed by atoms with van der Waals surface area (Å²) in [6.07, 6.45) is 0. The smallest absolute Gasteiger partial charge is 0.271 e. The predicted octanol–water partition coefficient (Wildman–Crippen LogP) is 3.12. The van der Waals surface area contributed by atoms with Gasteiger partial charge < -0.3 is 9.84 Å². The Kier molecular flexibility index (Phi) is 4.92. The fourth-order valence-corrected chi connectivity index (χ4v) is 4.68. The number of aryl methyl sites for hydroxylation is 1. The molecule has 0 fully saturated rings. The molecule has 0 bridgehead atoms. The van der Waals surface area contributed by atoms with Gasteiger partial charge in [0.15, 0.2) is 0 Å². The largest absolute Gasteiger partial charge is 0.497 e. The highest BCUT2D eigenvalue weighted by Crippen LogP contribution is 2.30. The first kappa shape index (κ1) is 16.3. The molecule has 1 heterocycles. The Labute approximate surface area is 135 Å². The van der Waals surface area contributed by atoms with Gasteiger partial charge in [0.25, 0.3) is 10.0 Å². The van der Waals surface area contributed by atoms with Crippen LogP contribution in [-0.4, -0.2) is 20.6 Å². The number of hydrogen-bond donors (Lipinski definition) is 2. The molecule has 114 valence electrons. The minimum atomic E-state index is -3.69. The number of anilines is 1. The van der Waals surface area contributed by atoms with Crippen LogP contribution in [0.4, 0.5) is 5.69 Å². The van der Waals surface area contributed by atoms with Crippen LogP contribution in [0.2, 0.25) is 0 Å². The first-order valence-corrected chi connectivity index (χ1v) is 9.02. The summed E-state index contributed by atoms with van der Waals surface area (Å²) in [5.41, 5.74) is 1.16. The topological polar surface area (TPSA) is 75.6 Å². The number of aliphatic hydroxyl groups excluding tert-OH is 1. The molecule has 8 heteroatoms. The van der Waals surface area contributed by atoms with E-state index in [2.05, 4.69) is 20.7 Å². The second-order valence-electron chi connectivity index (χ2n) is 4.31. The van der Waals surface area contributed by atoms with Gasteiger partial charge >= 0.3 is 0 Å². The summed E-state index contributed by atoms with van der Waals surface area (Å²) >= 11 is 4.36. The average molecular weight is 392 g/mol. The van der Waals surface area contributed by atoms with Crippen molar-refractivity contribution in [2.45, 2.75) is 17.7 Å². The van der Waals surface area contributed by atoms with Crippen LogP contribution < -0.4 is 9.46 Å². The monoisotopic (exact) mass is 391 g/mol. The summed E-state index contributed by atoms with van der Waals surface area (Å²) in [5, 5.41) is 9.16. The summed E-state index contributed by atoms with van der Waals surface area (Å²) in [4.78, 5) is 0.641. The summed E-state index contributed by atoms with van der Waals surface area (Å²) in [6.45, 7) is 1.60. The number of thiophene rings is 1. The maximum atomic E-state index is 12.4. The average Bonchev–Trinajstić information content (AvgIpc) is 2.79. The molecule has 21 heavy (non-hydrogen) atoms. The first-order valence-electron chi connectivity index (χ1n) is 5.93. The van der Waals surface area contributed by atoms with Gasteiger partial charge in [0, 0.05) is 15.4 Å². The van der Waals surface area contributed by atoms with E-state index in [-0.39, 0.29) is 10.8 Å². The molecule has 2 aromatic rings. The number of sulfonamides is 1. The van der Waals surface area contributed by atoms with E-state index in [1.54, 1.807) is 31.2 Å². The Balaban J connectivity index is 2.34. The minimum absolute atomic E-state index is 0.169. The Morgan fingerprint density at radius 1 is 1.33 bits per heavy atom. The van der Waals surface area contributed by atoms with Crippen molar-refractivity contribution in [2.75, 3.05) is 11.8 Å². The van der Waals surface area contributed by atoms with Gasteiger partial charge in [-0.05, 0) is 30.7 Å². The van der Waals surface area contributed by atoms with Crippen LogP contribution in [0.1, 0.15) is 10.4 Å². The lowest BCUT2D eigenvalue weighted by Gasteiger charge is -2.08. The highest BCUT2D eigenvalue weighted by molar-refractivity contribution is 9.10. The summed E-state index contributed by atoms with van der Waals surface area (Å²) in [7, 11) is -2.18. The van der Waals surface area contributed by atoms with E-state index in [0.29, 0.717) is 20.8 Å². The zero-order valence-corrected chi connectivity index (χ0v) is 14.6. The molecule has 0 saturated carbocycles. The lowest BCUT2D eigenvalue weighted by Crippen LogP contribution is -2.11. The number of rotatable bonds is 5. The van der Waals surface area contributed by atoms with Gasteiger partial charge in [-0.2, -0.15) is 0 Å². The molecule has 2 rings (SSSR count). The number of hydrogen-bond acceptors (Lipinski definition) is 5. The molecule has 0 atom stereocenters. The van der Waals surface area contributed by atoms with E-state index in [1.165, 1.54) is 7.11 Å². The maximum Gasteiger partial charge on any atom is 0.271 e. The van der Waals surface area contributed by atoms with E-state index in [1.807, 2.05) is 0 Å². The van der Waals surface area contributed by atoms with Crippen molar-refractivity contribution in [3.8, 4) is 5.75 Å². The molecule has 0 spiro atoms. The first-order chi connectivity index (χ1) is 9.85. The molecule has 0 aliphatic carbocycles. The molecule has 2 N–H and O–H groups in total. The molecule has 0 amide bonds. The highest BCUT2D eigenvalue weighted by atomic mass is 79.9. The van der Waals surface area contributed by atoms with Crippen molar-refractivity contribution in [1.82, 2.24) is 0 Å². The third-order valence-electron chi connectivity index (χ3n) is 2.77. The van der Waals surface area contributed by atoms with Crippen molar-refractivity contribution in [1.29, 1.82) is 0 Å². The zero-order chi connectivity index (χ0) is 15.6.